The van der Waals surface area contributed by atoms with E-state index in [1.807, 2.05) is 0 Å². The molecule has 1 heterocycles. The van der Waals surface area contributed by atoms with Gasteiger partial charge in [-0.3, -0.25) is 4.79 Å². The molecule has 0 aromatic heterocycles. The topological polar surface area (TPSA) is 32.3 Å². The molecule has 2 aliphatic rings. The number of piperidine rings is 1. The summed E-state index contributed by atoms with van der Waals surface area (Å²) in [6, 6.07) is 0.527. The molecule has 1 saturated heterocycles. The van der Waals surface area contributed by atoms with Gasteiger partial charge in [0.2, 0.25) is 5.91 Å². The molecule has 0 aromatic carbocycles. The molecule has 1 aliphatic heterocycles. The van der Waals surface area contributed by atoms with Gasteiger partial charge in [0.05, 0.1) is 0 Å². The fraction of sp³-hybridized carbons (Fsp3) is 0.933. The molecule has 1 atom stereocenters. The number of likely N-dealkylation sites (N-methyl/N-ethyl adjacent to an activating group) is 1. The molecule has 0 spiro atoms. The minimum atomic E-state index is 0.393. The van der Waals surface area contributed by atoms with Crippen LogP contribution in [-0.4, -0.2) is 36.5 Å². The van der Waals surface area contributed by atoms with Gasteiger partial charge >= 0.3 is 0 Å². The molecule has 18 heavy (non-hydrogen) atoms. The van der Waals surface area contributed by atoms with Crippen LogP contribution in [0.15, 0.2) is 0 Å². The maximum atomic E-state index is 12.2. The summed E-state index contributed by atoms with van der Waals surface area (Å²) >= 11 is 0. The van der Waals surface area contributed by atoms with Crippen LogP contribution in [0, 0.1) is 5.92 Å². The number of rotatable bonds is 5. The zero-order valence-corrected chi connectivity index (χ0v) is 11.8. The van der Waals surface area contributed by atoms with Crippen molar-refractivity contribution in [2.24, 2.45) is 5.92 Å². The zero-order chi connectivity index (χ0) is 12.8. The Morgan fingerprint density at radius 2 is 2.00 bits per heavy atom. The van der Waals surface area contributed by atoms with Crippen molar-refractivity contribution in [3.05, 3.63) is 0 Å². The molecule has 1 amide bonds. The van der Waals surface area contributed by atoms with Crippen LogP contribution in [0.2, 0.25) is 0 Å². The number of hydrogen-bond donors (Lipinski definition) is 1. The van der Waals surface area contributed by atoms with Crippen molar-refractivity contribution in [2.75, 3.05) is 19.6 Å². The number of carbonyl (C=O) groups excluding carboxylic acids is 1. The first-order chi connectivity index (χ1) is 8.79. The van der Waals surface area contributed by atoms with E-state index in [2.05, 4.69) is 17.1 Å². The highest BCUT2D eigenvalue weighted by Crippen LogP contribution is 2.28. The van der Waals surface area contributed by atoms with E-state index in [0.717, 1.165) is 44.8 Å². The monoisotopic (exact) mass is 252 g/mol. The van der Waals surface area contributed by atoms with E-state index in [1.165, 1.54) is 32.1 Å². The number of likely N-dealkylation sites (tertiary alicyclic amines) is 1. The van der Waals surface area contributed by atoms with Crippen molar-refractivity contribution in [2.45, 2.75) is 64.3 Å². The van der Waals surface area contributed by atoms with E-state index in [4.69, 9.17) is 0 Å². The molecule has 1 unspecified atom stereocenters. The Hall–Kier alpha value is -0.570. The minimum absolute atomic E-state index is 0.393. The van der Waals surface area contributed by atoms with Crippen molar-refractivity contribution in [3.63, 3.8) is 0 Å². The lowest BCUT2D eigenvalue weighted by Gasteiger charge is -2.33. The fourth-order valence-electron chi connectivity index (χ4n) is 3.44. The van der Waals surface area contributed by atoms with Gasteiger partial charge in [0.1, 0.15) is 0 Å². The van der Waals surface area contributed by atoms with E-state index in [1.54, 1.807) is 0 Å². The van der Waals surface area contributed by atoms with Gasteiger partial charge in [0.15, 0.2) is 0 Å². The Labute approximate surface area is 111 Å². The SMILES string of the molecule is CCNC1CCCN(C(=O)CCC2CCCC2)C1. The standard InChI is InChI=1S/C15H28N2O/c1-2-16-14-8-5-11-17(12-14)15(18)10-9-13-6-3-4-7-13/h13-14,16H,2-12H2,1H3. The molecule has 0 radical (unpaired) electrons. The molecule has 3 nitrogen and oxygen atoms in total. The third-order valence-corrected chi connectivity index (χ3v) is 4.51. The van der Waals surface area contributed by atoms with Crippen LogP contribution in [0.5, 0.6) is 0 Å². The van der Waals surface area contributed by atoms with Crippen LogP contribution < -0.4 is 5.32 Å². The van der Waals surface area contributed by atoms with Gasteiger partial charge in [-0.15, -0.1) is 0 Å². The highest BCUT2D eigenvalue weighted by molar-refractivity contribution is 5.76. The van der Waals surface area contributed by atoms with Crippen molar-refractivity contribution >= 4 is 5.91 Å². The summed E-state index contributed by atoms with van der Waals surface area (Å²) in [6.07, 6.45) is 9.76. The van der Waals surface area contributed by atoms with Crippen LogP contribution in [0.25, 0.3) is 0 Å². The fourth-order valence-corrected chi connectivity index (χ4v) is 3.44. The van der Waals surface area contributed by atoms with E-state index in [0.29, 0.717) is 11.9 Å². The molecule has 3 heteroatoms. The highest BCUT2D eigenvalue weighted by Gasteiger charge is 2.24. The number of amides is 1. The first-order valence-electron chi connectivity index (χ1n) is 7.80. The average Bonchev–Trinajstić information content (AvgIpc) is 2.90. The first kappa shape index (κ1) is 13.9. The molecule has 1 N–H and O–H groups in total. The lowest BCUT2D eigenvalue weighted by Crippen LogP contribution is -2.47. The van der Waals surface area contributed by atoms with Crippen LogP contribution >= 0.6 is 0 Å². The second kappa shape index (κ2) is 7.13. The normalized spacial score (nSPS) is 25.6. The molecule has 2 fully saturated rings. The Bertz CT molecular complexity index is 259. The summed E-state index contributed by atoms with van der Waals surface area (Å²) in [6.45, 7) is 5.05. The number of hydrogen-bond acceptors (Lipinski definition) is 2. The van der Waals surface area contributed by atoms with E-state index >= 15 is 0 Å². The van der Waals surface area contributed by atoms with E-state index in [-0.39, 0.29) is 0 Å². The van der Waals surface area contributed by atoms with Gasteiger partial charge in [-0.25, -0.2) is 0 Å². The highest BCUT2D eigenvalue weighted by atomic mass is 16.2. The maximum absolute atomic E-state index is 12.2. The van der Waals surface area contributed by atoms with Gasteiger partial charge in [0, 0.05) is 25.6 Å². The summed E-state index contributed by atoms with van der Waals surface area (Å²) in [5, 5.41) is 3.47. The van der Waals surface area contributed by atoms with Gasteiger partial charge < -0.3 is 10.2 Å². The molecular formula is C15H28N2O. The van der Waals surface area contributed by atoms with E-state index in [9.17, 15) is 4.79 Å². The van der Waals surface area contributed by atoms with Crippen LogP contribution in [0.3, 0.4) is 0 Å². The molecular weight excluding hydrogens is 224 g/mol. The molecule has 0 aromatic rings. The summed E-state index contributed by atoms with van der Waals surface area (Å²) in [5.74, 6) is 1.23. The summed E-state index contributed by atoms with van der Waals surface area (Å²) < 4.78 is 0. The second-order valence-corrected chi connectivity index (χ2v) is 5.93. The van der Waals surface area contributed by atoms with E-state index < -0.39 is 0 Å². The smallest absolute Gasteiger partial charge is 0.222 e. The average molecular weight is 252 g/mol. The predicted octanol–water partition coefficient (Wildman–Crippen LogP) is 2.56. The van der Waals surface area contributed by atoms with Gasteiger partial charge in [-0.05, 0) is 31.7 Å². The van der Waals surface area contributed by atoms with Gasteiger partial charge in [-0.2, -0.15) is 0 Å². The van der Waals surface area contributed by atoms with Crippen molar-refractivity contribution in [3.8, 4) is 0 Å². The Balaban J connectivity index is 1.70. The van der Waals surface area contributed by atoms with Crippen LogP contribution in [0.4, 0.5) is 0 Å². The molecule has 2 rings (SSSR count). The molecule has 1 saturated carbocycles. The lowest BCUT2D eigenvalue weighted by molar-refractivity contribution is -0.132. The first-order valence-corrected chi connectivity index (χ1v) is 7.80. The summed E-state index contributed by atoms with van der Waals surface area (Å²) in [5.41, 5.74) is 0. The maximum Gasteiger partial charge on any atom is 0.222 e. The Morgan fingerprint density at radius 3 is 2.72 bits per heavy atom. The van der Waals surface area contributed by atoms with Crippen LogP contribution in [-0.2, 0) is 4.79 Å². The van der Waals surface area contributed by atoms with Crippen molar-refractivity contribution < 1.29 is 4.79 Å². The summed E-state index contributed by atoms with van der Waals surface area (Å²) in [7, 11) is 0. The van der Waals surface area contributed by atoms with Crippen molar-refractivity contribution in [1.82, 2.24) is 10.2 Å². The number of nitrogens with zero attached hydrogens (tertiary/aromatic N) is 1. The second-order valence-electron chi connectivity index (χ2n) is 5.93. The summed E-state index contributed by atoms with van der Waals surface area (Å²) in [4.78, 5) is 14.3. The third-order valence-electron chi connectivity index (χ3n) is 4.51. The number of nitrogens with one attached hydrogen (secondary N) is 1. The largest absolute Gasteiger partial charge is 0.341 e. The van der Waals surface area contributed by atoms with Gasteiger partial charge in [0.25, 0.3) is 0 Å². The minimum Gasteiger partial charge on any atom is -0.341 e. The molecule has 0 bridgehead atoms. The third kappa shape index (κ3) is 3.98. The number of carbonyl (C=O) groups is 1. The predicted molar refractivity (Wildman–Crippen MR) is 74.5 cm³/mol. The van der Waals surface area contributed by atoms with Crippen LogP contribution in [0.1, 0.15) is 58.3 Å². The Morgan fingerprint density at radius 1 is 1.22 bits per heavy atom. The Kier molecular flexibility index (Phi) is 5.48. The van der Waals surface area contributed by atoms with Gasteiger partial charge in [-0.1, -0.05) is 32.6 Å². The van der Waals surface area contributed by atoms with Crippen molar-refractivity contribution in [1.29, 1.82) is 0 Å². The lowest BCUT2D eigenvalue weighted by atomic mass is 10.00. The molecule has 104 valence electrons. The molecule has 1 aliphatic carbocycles. The zero-order valence-electron chi connectivity index (χ0n) is 11.8. The quantitative estimate of drug-likeness (QED) is 0.815.